The summed E-state index contributed by atoms with van der Waals surface area (Å²) in [6.07, 6.45) is 11.1. The Balaban J connectivity index is 1.73. The lowest BCUT2D eigenvalue weighted by molar-refractivity contribution is 0.0349. The van der Waals surface area contributed by atoms with Gasteiger partial charge in [0.05, 0.1) is 6.10 Å². The molecule has 0 aromatic carbocycles. The van der Waals surface area contributed by atoms with Gasteiger partial charge in [0.25, 0.3) is 0 Å². The minimum atomic E-state index is 0.469. The molecular weight excluding hydrogens is 224 g/mol. The van der Waals surface area contributed by atoms with Crippen molar-refractivity contribution in [1.29, 1.82) is 0 Å². The summed E-state index contributed by atoms with van der Waals surface area (Å²) in [6, 6.07) is 0. The van der Waals surface area contributed by atoms with Crippen LogP contribution in [0.2, 0.25) is 0 Å². The largest absolute Gasteiger partial charge is 0.381 e. The highest BCUT2D eigenvalue weighted by Crippen LogP contribution is 2.38. The smallest absolute Gasteiger partial charge is 0.0595 e. The number of piperidine rings is 1. The van der Waals surface area contributed by atoms with Gasteiger partial charge in [0.1, 0.15) is 0 Å². The summed E-state index contributed by atoms with van der Waals surface area (Å²) in [7, 11) is 1.84. The van der Waals surface area contributed by atoms with Crippen LogP contribution in [-0.2, 0) is 4.74 Å². The maximum Gasteiger partial charge on any atom is 0.0595 e. The standard InChI is InChI=1S/C15H30N2O/c1-18-14-5-10-17(11-6-14)12-9-15(13-16)7-3-2-4-8-15/h14H,2-13,16H2,1H3. The summed E-state index contributed by atoms with van der Waals surface area (Å²) in [5.41, 5.74) is 6.53. The third-order valence-corrected chi connectivity index (χ3v) is 5.17. The fourth-order valence-electron chi connectivity index (χ4n) is 3.62. The van der Waals surface area contributed by atoms with Gasteiger partial charge in [-0.25, -0.2) is 0 Å². The van der Waals surface area contributed by atoms with Crippen LogP contribution in [0.15, 0.2) is 0 Å². The molecule has 0 amide bonds. The Hall–Kier alpha value is -0.120. The molecule has 18 heavy (non-hydrogen) atoms. The molecule has 0 aromatic heterocycles. The molecule has 2 aliphatic rings. The minimum absolute atomic E-state index is 0.469. The maximum atomic E-state index is 6.06. The second-order valence-corrected chi connectivity index (χ2v) is 6.29. The van der Waals surface area contributed by atoms with E-state index < -0.39 is 0 Å². The van der Waals surface area contributed by atoms with Crippen LogP contribution < -0.4 is 5.73 Å². The molecule has 0 atom stereocenters. The molecule has 1 heterocycles. The number of methoxy groups -OCH3 is 1. The van der Waals surface area contributed by atoms with Crippen LogP contribution in [0.3, 0.4) is 0 Å². The van der Waals surface area contributed by atoms with Crippen LogP contribution in [0, 0.1) is 5.41 Å². The average Bonchev–Trinajstić information content (AvgIpc) is 2.47. The minimum Gasteiger partial charge on any atom is -0.381 e. The van der Waals surface area contributed by atoms with Gasteiger partial charge in [-0.15, -0.1) is 0 Å². The van der Waals surface area contributed by atoms with E-state index in [1.165, 1.54) is 71.0 Å². The lowest BCUT2D eigenvalue weighted by Gasteiger charge is -2.39. The summed E-state index contributed by atoms with van der Waals surface area (Å²) in [4.78, 5) is 2.61. The van der Waals surface area contributed by atoms with Crippen LogP contribution in [0.1, 0.15) is 51.4 Å². The quantitative estimate of drug-likeness (QED) is 0.819. The Morgan fingerprint density at radius 3 is 2.39 bits per heavy atom. The third kappa shape index (κ3) is 3.69. The summed E-state index contributed by atoms with van der Waals surface area (Å²) in [6.45, 7) is 4.55. The lowest BCUT2D eigenvalue weighted by atomic mass is 9.72. The summed E-state index contributed by atoms with van der Waals surface area (Å²) in [5, 5.41) is 0. The third-order valence-electron chi connectivity index (χ3n) is 5.17. The van der Waals surface area contributed by atoms with Gasteiger partial charge in [-0.2, -0.15) is 0 Å². The first-order valence-corrected chi connectivity index (χ1v) is 7.73. The molecule has 2 N–H and O–H groups in total. The van der Waals surface area contributed by atoms with Gasteiger partial charge in [0.15, 0.2) is 0 Å². The van der Waals surface area contributed by atoms with E-state index in [1.807, 2.05) is 7.11 Å². The van der Waals surface area contributed by atoms with Crippen molar-refractivity contribution < 1.29 is 4.74 Å². The molecule has 0 aromatic rings. The highest BCUT2D eigenvalue weighted by atomic mass is 16.5. The molecule has 3 nitrogen and oxygen atoms in total. The number of nitrogens with two attached hydrogens (primary N) is 1. The van der Waals surface area contributed by atoms with E-state index >= 15 is 0 Å². The highest BCUT2D eigenvalue weighted by molar-refractivity contribution is 4.85. The molecule has 1 saturated heterocycles. The highest BCUT2D eigenvalue weighted by Gasteiger charge is 2.31. The summed E-state index contributed by atoms with van der Waals surface area (Å²) >= 11 is 0. The van der Waals surface area contributed by atoms with Crippen molar-refractivity contribution in [2.24, 2.45) is 11.1 Å². The molecule has 1 saturated carbocycles. The van der Waals surface area contributed by atoms with Crippen molar-refractivity contribution in [1.82, 2.24) is 4.90 Å². The number of rotatable bonds is 5. The van der Waals surface area contributed by atoms with E-state index in [0.717, 1.165) is 6.54 Å². The SMILES string of the molecule is COC1CCN(CCC2(CN)CCCCC2)CC1. The van der Waals surface area contributed by atoms with Crippen molar-refractivity contribution in [2.45, 2.75) is 57.5 Å². The molecule has 1 aliphatic carbocycles. The van der Waals surface area contributed by atoms with E-state index in [9.17, 15) is 0 Å². The normalized spacial score (nSPS) is 26.3. The monoisotopic (exact) mass is 254 g/mol. The molecule has 1 aliphatic heterocycles. The van der Waals surface area contributed by atoms with E-state index in [2.05, 4.69) is 4.90 Å². The van der Waals surface area contributed by atoms with Crippen LogP contribution in [0.4, 0.5) is 0 Å². The molecule has 2 rings (SSSR count). The Bertz CT molecular complexity index is 231. The molecule has 0 spiro atoms. The number of ether oxygens (including phenoxy) is 1. The zero-order valence-electron chi connectivity index (χ0n) is 12.0. The van der Waals surface area contributed by atoms with Crippen LogP contribution in [0.25, 0.3) is 0 Å². The first-order valence-electron chi connectivity index (χ1n) is 7.73. The number of likely N-dealkylation sites (tertiary alicyclic amines) is 1. The van der Waals surface area contributed by atoms with Gasteiger partial charge < -0.3 is 15.4 Å². The summed E-state index contributed by atoms with van der Waals surface area (Å²) < 4.78 is 5.43. The zero-order chi connectivity index (χ0) is 12.8. The van der Waals surface area contributed by atoms with E-state index in [0.29, 0.717) is 11.5 Å². The predicted octanol–water partition coefficient (Wildman–Crippen LogP) is 2.40. The second kappa shape index (κ2) is 6.88. The first-order chi connectivity index (χ1) is 8.78. The van der Waals surface area contributed by atoms with Crippen molar-refractivity contribution in [3.05, 3.63) is 0 Å². The Labute approximate surface area is 112 Å². The molecule has 2 fully saturated rings. The van der Waals surface area contributed by atoms with Crippen LogP contribution >= 0.6 is 0 Å². The van der Waals surface area contributed by atoms with E-state index in [1.54, 1.807) is 0 Å². The summed E-state index contributed by atoms with van der Waals surface area (Å²) in [5.74, 6) is 0. The lowest BCUT2D eigenvalue weighted by Crippen LogP contribution is -2.41. The van der Waals surface area contributed by atoms with Crippen molar-refractivity contribution in [3.8, 4) is 0 Å². The van der Waals surface area contributed by atoms with E-state index in [-0.39, 0.29) is 0 Å². The topological polar surface area (TPSA) is 38.5 Å². The van der Waals surface area contributed by atoms with Crippen molar-refractivity contribution in [2.75, 3.05) is 33.3 Å². The van der Waals surface area contributed by atoms with Crippen molar-refractivity contribution >= 4 is 0 Å². The molecule has 0 bridgehead atoms. The van der Waals surface area contributed by atoms with Gasteiger partial charge in [-0.1, -0.05) is 19.3 Å². The Morgan fingerprint density at radius 1 is 1.17 bits per heavy atom. The number of hydrogen-bond acceptors (Lipinski definition) is 3. The van der Waals surface area contributed by atoms with Gasteiger partial charge in [0.2, 0.25) is 0 Å². The Morgan fingerprint density at radius 2 is 1.83 bits per heavy atom. The second-order valence-electron chi connectivity index (χ2n) is 6.29. The Kier molecular flexibility index (Phi) is 5.46. The fourth-order valence-corrected chi connectivity index (χ4v) is 3.62. The average molecular weight is 254 g/mol. The molecule has 0 unspecified atom stereocenters. The molecule has 3 heteroatoms. The molecule has 0 radical (unpaired) electrons. The van der Waals surface area contributed by atoms with Gasteiger partial charge in [0, 0.05) is 20.2 Å². The van der Waals surface area contributed by atoms with Gasteiger partial charge in [-0.3, -0.25) is 0 Å². The molecule has 106 valence electrons. The van der Waals surface area contributed by atoms with Gasteiger partial charge >= 0.3 is 0 Å². The van der Waals surface area contributed by atoms with Gasteiger partial charge in [-0.05, 0) is 50.6 Å². The number of nitrogens with zero attached hydrogens (tertiary/aromatic N) is 1. The van der Waals surface area contributed by atoms with Crippen LogP contribution in [0.5, 0.6) is 0 Å². The maximum absolute atomic E-state index is 6.06. The first kappa shape index (κ1) is 14.3. The van der Waals surface area contributed by atoms with Crippen molar-refractivity contribution in [3.63, 3.8) is 0 Å². The number of hydrogen-bond donors (Lipinski definition) is 1. The molecular formula is C15H30N2O. The zero-order valence-corrected chi connectivity index (χ0v) is 12.0. The van der Waals surface area contributed by atoms with E-state index in [4.69, 9.17) is 10.5 Å². The van der Waals surface area contributed by atoms with Crippen LogP contribution in [-0.4, -0.2) is 44.3 Å². The fraction of sp³-hybridized carbons (Fsp3) is 1.00. The predicted molar refractivity (Wildman–Crippen MR) is 75.7 cm³/mol.